The van der Waals surface area contributed by atoms with Crippen molar-refractivity contribution in [2.45, 2.75) is 11.3 Å². The Morgan fingerprint density at radius 3 is 1.56 bits per heavy atom. The van der Waals surface area contributed by atoms with E-state index in [2.05, 4.69) is 0 Å². The number of hydrogen-bond donors (Lipinski definition) is 6. The highest BCUT2D eigenvalue weighted by molar-refractivity contribution is 7.66. The molecule has 1 unspecified atom stereocenters. The third-order valence-electron chi connectivity index (χ3n) is 1.97. The second-order valence-corrected chi connectivity index (χ2v) is 10.3. The summed E-state index contributed by atoms with van der Waals surface area (Å²) in [5, 5.41) is 0. The first-order valence-electron chi connectivity index (χ1n) is 4.22. The van der Waals surface area contributed by atoms with Gasteiger partial charge in [0, 0.05) is 0 Å². The molecular formula is C4H12O10P4. The van der Waals surface area contributed by atoms with Gasteiger partial charge in [-0.25, -0.2) is 0 Å². The summed E-state index contributed by atoms with van der Waals surface area (Å²) in [5.41, 5.74) is 0. The molecule has 1 atom stereocenters. The topological polar surface area (TPSA) is 190 Å². The second kappa shape index (κ2) is 5.90. The van der Waals surface area contributed by atoms with E-state index in [1.165, 1.54) is 0 Å². The zero-order valence-electron chi connectivity index (χ0n) is 8.73. The predicted octanol–water partition coefficient (Wildman–Crippen LogP) is -0.102. The van der Waals surface area contributed by atoms with Crippen molar-refractivity contribution in [2.24, 2.45) is 0 Å². The van der Waals surface area contributed by atoms with Gasteiger partial charge in [0.05, 0.1) is 12.3 Å². The van der Waals surface area contributed by atoms with Crippen molar-refractivity contribution in [3.05, 3.63) is 0 Å². The molecule has 0 saturated heterocycles. The minimum Gasteiger partial charge on any atom is -0.324 e. The second-order valence-electron chi connectivity index (χ2n) is 3.58. The molecule has 0 aliphatic carbocycles. The summed E-state index contributed by atoms with van der Waals surface area (Å²) in [5.74, 6) is 0. The molecule has 14 heteroatoms. The zero-order valence-corrected chi connectivity index (χ0v) is 12.3. The molecule has 0 radical (unpaired) electrons. The van der Waals surface area contributed by atoms with Crippen LogP contribution in [0.3, 0.4) is 0 Å². The molecular weight excluding hydrogens is 332 g/mol. The molecule has 0 spiro atoms. The lowest BCUT2D eigenvalue weighted by Gasteiger charge is -2.27. The van der Waals surface area contributed by atoms with Crippen LogP contribution in [0.25, 0.3) is 0 Å². The maximum atomic E-state index is 11.2. The lowest BCUT2D eigenvalue weighted by molar-refractivity contribution is 0.332. The molecule has 0 saturated carbocycles. The van der Waals surface area contributed by atoms with Gasteiger partial charge >= 0.3 is 22.8 Å². The van der Waals surface area contributed by atoms with E-state index in [4.69, 9.17) is 29.4 Å². The lowest BCUT2D eigenvalue weighted by atomic mass is 10.3. The first-order valence-corrected chi connectivity index (χ1v) is 10.2. The van der Waals surface area contributed by atoms with E-state index < -0.39 is 54.9 Å². The molecule has 6 N–H and O–H groups in total. The molecule has 18 heavy (non-hydrogen) atoms. The molecule has 10 nitrogen and oxygen atoms in total. The first kappa shape index (κ1) is 18.6. The van der Waals surface area contributed by atoms with Crippen molar-refractivity contribution in [3.63, 3.8) is 0 Å². The molecule has 0 amide bonds. The zero-order chi connectivity index (χ0) is 14.8. The number of hydrogen-bond acceptors (Lipinski definition) is 4. The van der Waals surface area contributed by atoms with Crippen LogP contribution in [0.2, 0.25) is 0 Å². The summed E-state index contributed by atoms with van der Waals surface area (Å²) in [6.45, 7) is 0. The Labute approximate surface area is 103 Å². The van der Waals surface area contributed by atoms with E-state index in [0.717, 1.165) is 0 Å². The average Bonchev–Trinajstić information content (AvgIpc) is 2.07. The molecule has 0 heterocycles. The van der Waals surface area contributed by atoms with Gasteiger partial charge in [0.25, 0.3) is 0 Å². The lowest BCUT2D eigenvalue weighted by Crippen LogP contribution is -2.28. The van der Waals surface area contributed by atoms with E-state index in [0.29, 0.717) is 0 Å². The Bertz CT molecular complexity index is 441. The fourth-order valence-corrected chi connectivity index (χ4v) is 6.05. The van der Waals surface area contributed by atoms with E-state index in [-0.39, 0.29) is 0 Å². The van der Waals surface area contributed by atoms with Crippen molar-refractivity contribution < 1.29 is 47.6 Å². The SMILES string of the molecule is O=PC(CCP(=O)(O)O)(CP(=O)(O)O)P(=O)(O)O. The average molecular weight is 344 g/mol. The van der Waals surface area contributed by atoms with Crippen LogP contribution < -0.4 is 0 Å². The molecule has 0 aliphatic rings. The molecule has 0 aliphatic heterocycles. The van der Waals surface area contributed by atoms with Gasteiger partial charge in [-0.1, -0.05) is 0 Å². The van der Waals surface area contributed by atoms with Crippen LogP contribution in [0.15, 0.2) is 0 Å². The van der Waals surface area contributed by atoms with Gasteiger partial charge in [-0.2, -0.15) is 0 Å². The van der Waals surface area contributed by atoms with Gasteiger partial charge in [-0.3, -0.25) is 18.3 Å². The van der Waals surface area contributed by atoms with Crippen molar-refractivity contribution in [1.82, 2.24) is 0 Å². The molecule has 0 bridgehead atoms. The maximum Gasteiger partial charge on any atom is 0.343 e. The molecule has 0 rings (SSSR count). The Morgan fingerprint density at radius 1 is 0.889 bits per heavy atom. The van der Waals surface area contributed by atoms with Crippen molar-refractivity contribution >= 4 is 31.2 Å². The summed E-state index contributed by atoms with van der Waals surface area (Å²) < 4.78 is 43.5. The minimum atomic E-state index is -5.25. The summed E-state index contributed by atoms with van der Waals surface area (Å²) in [7, 11) is -16.1. The fraction of sp³-hybridized carbons (Fsp3) is 1.00. The summed E-state index contributed by atoms with van der Waals surface area (Å²) in [6.07, 6.45) is -3.47. The van der Waals surface area contributed by atoms with Crippen LogP contribution in [-0.2, 0) is 18.3 Å². The van der Waals surface area contributed by atoms with E-state index in [1.807, 2.05) is 0 Å². The minimum absolute atomic E-state index is 0.988. The van der Waals surface area contributed by atoms with Crippen LogP contribution in [0.1, 0.15) is 6.42 Å². The first-order chi connectivity index (χ1) is 7.72. The Kier molecular flexibility index (Phi) is 6.08. The van der Waals surface area contributed by atoms with Gasteiger partial charge in [0.1, 0.15) is 0 Å². The molecule has 108 valence electrons. The van der Waals surface area contributed by atoms with Crippen LogP contribution >= 0.6 is 31.2 Å². The number of rotatable bonds is 7. The highest BCUT2D eigenvalue weighted by Gasteiger charge is 2.52. The molecule has 0 aromatic carbocycles. The molecule has 0 aromatic rings. The van der Waals surface area contributed by atoms with Crippen LogP contribution in [0.4, 0.5) is 0 Å². The molecule has 0 aromatic heterocycles. The highest BCUT2D eigenvalue weighted by atomic mass is 31.2. The maximum absolute atomic E-state index is 11.2. The van der Waals surface area contributed by atoms with Crippen molar-refractivity contribution in [2.75, 3.05) is 12.3 Å². The Balaban J connectivity index is 5.40. The van der Waals surface area contributed by atoms with Crippen molar-refractivity contribution in [1.29, 1.82) is 0 Å². The normalized spacial score (nSPS) is 17.7. The highest BCUT2D eigenvalue weighted by Crippen LogP contribution is 2.64. The summed E-state index contributed by atoms with van der Waals surface area (Å²) >= 11 is 0. The molecule has 0 fully saturated rings. The van der Waals surface area contributed by atoms with E-state index >= 15 is 0 Å². The summed E-state index contributed by atoms with van der Waals surface area (Å²) in [4.78, 5) is 49.9. The van der Waals surface area contributed by atoms with E-state index in [9.17, 15) is 18.3 Å². The Morgan fingerprint density at radius 2 is 1.33 bits per heavy atom. The summed E-state index contributed by atoms with van der Waals surface area (Å²) in [6, 6.07) is 0. The van der Waals surface area contributed by atoms with Gasteiger partial charge in [0.2, 0.25) is 0 Å². The van der Waals surface area contributed by atoms with Crippen molar-refractivity contribution in [3.8, 4) is 0 Å². The van der Waals surface area contributed by atoms with E-state index in [1.54, 1.807) is 0 Å². The monoisotopic (exact) mass is 344 g/mol. The smallest absolute Gasteiger partial charge is 0.324 e. The predicted molar refractivity (Wildman–Crippen MR) is 60.8 cm³/mol. The van der Waals surface area contributed by atoms with Gasteiger partial charge in [0.15, 0.2) is 13.4 Å². The third kappa shape index (κ3) is 6.13. The van der Waals surface area contributed by atoms with Crippen LogP contribution in [0.5, 0.6) is 0 Å². The van der Waals surface area contributed by atoms with Gasteiger partial charge in [-0.15, -0.1) is 0 Å². The van der Waals surface area contributed by atoms with Crippen LogP contribution in [0, 0.1) is 0 Å². The van der Waals surface area contributed by atoms with Gasteiger partial charge < -0.3 is 29.4 Å². The Hall–Kier alpha value is 0.550. The standard InChI is InChI=1S/C4H12O10P4/c5-15-4(18(12,13)14,3-17(9,10)11)1-2-16(6,7)8/h1-3H2,(H2,6,7,8)(H2,9,10,11)(H2,12,13,14). The largest absolute Gasteiger partial charge is 0.343 e. The third-order valence-corrected chi connectivity index (χ3v) is 7.45. The van der Waals surface area contributed by atoms with Crippen LogP contribution in [-0.4, -0.2) is 46.6 Å². The quantitative estimate of drug-likeness (QED) is 0.340. The fourth-order valence-electron chi connectivity index (χ4n) is 1.10. The van der Waals surface area contributed by atoms with Gasteiger partial charge in [-0.05, 0) is 6.42 Å².